The van der Waals surface area contributed by atoms with Crippen molar-refractivity contribution in [2.75, 3.05) is 12.4 Å². The molecule has 1 aromatic carbocycles. The highest BCUT2D eigenvalue weighted by Gasteiger charge is 2.07. The molecule has 0 saturated carbocycles. The number of aromatic nitrogens is 1. The molecule has 2 rings (SSSR count). The molecule has 0 amide bonds. The van der Waals surface area contributed by atoms with Gasteiger partial charge >= 0.3 is 0 Å². The summed E-state index contributed by atoms with van der Waals surface area (Å²) >= 11 is 5.90. The number of benzene rings is 1. The fraction of sp³-hybridized carbons (Fsp3) is 0.0909. The summed E-state index contributed by atoms with van der Waals surface area (Å²) in [6.45, 7) is 0. The number of rotatable bonds is 1. The van der Waals surface area contributed by atoms with Crippen LogP contribution in [0.25, 0.3) is 10.9 Å². The Bertz CT molecular complexity index is 557. The third-order valence-electron chi connectivity index (χ3n) is 2.20. The third-order valence-corrected chi connectivity index (χ3v) is 2.44. The lowest BCUT2D eigenvalue weighted by Crippen LogP contribution is -1.95. The molecule has 1 N–H and O–H groups in total. The van der Waals surface area contributed by atoms with Gasteiger partial charge in [0.1, 0.15) is 6.07 Å². The van der Waals surface area contributed by atoms with E-state index in [2.05, 4.69) is 16.4 Å². The number of nitrogens with one attached hydrogen (secondary N) is 1. The van der Waals surface area contributed by atoms with E-state index in [-0.39, 0.29) is 0 Å². The van der Waals surface area contributed by atoms with Crippen molar-refractivity contribution in [1.29, 1.82) is 5.26 Å². The van der Waals surface area contributed by atoms with E-state index in [0.717, 1.165) is 16.6 Å². The first-order valence-electron chi connectivity index (χ1n) is 4.42. The lowest BCUT2D eigenvalue weighted by Gasteiger charge is -2.07. The molecule has 0 aliphatic heterocycles. The Morgan fingerprint density at radius 3 is 2.93 bits per heavy atom. The third kappa shape index (κ3) is 1.60. The number of hydrogen-bond acceptors (Lipinski definition) is 3. The fourth-order valence-corrected chi connectivity index (χ4v) is 1.69. The summed E-state index contributed by atoms with van der Waals surface area (Å²) in [4.78, 5) is 4.18. The van der Waals surface area contributed by atoms with Crippen LogP contribution in [-0.2, 0) is 0 Å². The summed E-state index contributed by atoms with van der Waals surface area (Å²) in [6, 6.07) is 7.51. The number of fused-ring (bicyclic) bond motifs is 1. The highest BCUT2D eigenvalue weighted by Crippen LogP contribution is 2.27. The van der Waals surface area contributed by atoms with E-state index < -0.39 is 0 Å². The molecule has 0 aliphatic carbocycles. The van der Waals surface area contributed by atoms with Crippen molar-refractivity contribution in [3.05, 3.63) is 35.0 Å². The van der Waals surface area contributed by atoms with Gasteiger partial charge < -0.3 is 5.32 Å². The monoisotopic (exact) mass is 217 g/mol. The summed E-state index contributed by atoms with van der Waals surface area (Å²) in [7, 11) is 1.77. The van der Waals surface area contributed by atoms with Crippen LogP contribution in [0.3, 0.4) is 0 Å². The van der Waals surface area contributed by atoms with Gasteiger partial charge in [0.05, 0.1) is 16.8 Å². The molecule has 0 spiro atoms. The second-order valence-electron chi connectivity index (χ2n) is 3.07. The smallest absolute Gasteiger partial charge is 0.103 e. The standard InChI is InChI=1S/C11H8ClN3/c1-14-11-7(5-13)6-15-10-3-2-8(12)4-9(10)11/h2-4,6H,1H3,(H,14,15). The van der Waals surface area contributed by atoms with Gasteiger partial charge in [-0.2, -0.15) is 5.26 Å². The van der Waals surface area contributed by atoms with Crippen LogP contribution in [0.15, 0.2) is 24.4 Å². The van der Waals surface area contributed by atoms with Crippen molar-refractivity contribution < 1.29 is 0 Å². The van der Waals surface area contributed by atoms with E-state index in [1.807, 2.05) is 6.07 Å². The van der Waals surface area contributed by atoms with Gasteiger partial charge in [-0.15, -0.1) is 0 Å². The molecular weight excluding hydrogens is 210 g/mol. The number of anilines is 1. The number of nitrogens with zero attached hydrogens (tertiary/aromatic N) is 2. The largest absolute Gasteiger partial charge is 0.386 e. The maximum absolute atomic E-state index is 8.92. The van der Waals surface area contributed by atoms with E-state index in [1.54, 1.807) is 25.4 Å². The molecule has 1 heterocycles. The molecule has 0 fully saturated rings. The van der Waals surface area contributed by atoms with Gasteiger partial charge in [-0.25, -0.2) is 0 Å². The zero-order valence-electron chi connectivity index (χ0n) is 8.08. The molecule has 2 aromatic rings. The summed E-state index contributed by atoms with van der Waals surface area (Å²) in [5.41, 5.74) is 2.11. The van der Waals surface area contributed by atoms with Crippen molar-refractivity contribution >= 4 is 28.2 Å². The predicted molar refractivity (Wildman–Crippen MR) is 61.0 cm³/mol. The normalized spacial score (nSPS) is 9.93. The molecular formula is C11H8ClN3. The number of pyridine rings is 1. The van der Waals surface area contributed by atoms with Crippen molar-refractivity contribution in [1.82, 2.24) is 4.98 Å². The Morgan fingerprint density at radius 2 is 2.27 bits per heavy atom. The van der Waals surface area contributed by atoms with Crippen LogP contribution >= 0.6 is 11.6 Å². The Labute approximate surface area is 92.3 Å². The Balaban J connectivity index is 2.86. The minimum atomic E-state index is 0.521. The molecule has 74 valence electrons. The first-order chi connectivity index (χ1) is 7.26. The number of nitriles is 1. The van der Waals surface area contributed by atoms with E-state index in [9.17, 15) is 0 Å². The molecule has 4 heteroatoms. The number of halogens is 1. The Morgan fingerprint density at radius 1 is 1.47 bits per heavy atom. The lowest BCUT2D eigenvalue weighted by molar-refractivity contribution is 1.35. The lowest BCUT2D eigenvalue weighted by atomic mass is 10.1. The second-order valence-corrected chi connectivity index (χ2v) is 3.51. The van der Waals surface area contributed by atoms with E-state index >= 15 is 0 Å². The van der Waals surface area contributed by atoms with Gasteiger partial charge in [0.25, 0.3) is 0 Å². The summed E-state index contributed by atoms with van der Waals surface area (Å²) in [5, 5.41) is 13.4. The predicted octanol–water partition coefficient (Wildman–Crippen LogP) is 2.80. The average molecular weight is 218 g/mol. The van der Waals surface area contributed by atoms with Crippen LogP contribution < -0.4 is 5.32 Å². The molecule has 0 atom stereocenters. The van der Waals surface area contributed by atoms with Crippen LogP contribution in [0.4, 0.5) is 5.69 Å². The van der Waals surface area contributed by atoms with Crippen LogP contribution in [-0.4, -0.2) is 12.0 Å². The molecule has 3 nitrogen and oxygen atoms in total. The zero-order chi connectivity index (χ0) is 10.8. The van der Waals surface area contributed by atoms with Gasteiger partial charge in [0.15, 0.2) is 0 Å². The first-order valence-corrected chi connectivity index (χ1v) is 4.80. The molecule has 0 saturated heterocycles. The Hall–Kier alpha value is -1.79. The maximum atomic E-state index is 8.92. The highest BCUT2D eigenvalue weighted by atomic mass is 35.5. The van der Waals surface area contributed by atoms with Crippen molar-refractivity contribution in [3.63, 3.8) is 0 Å². The summed E-state index contributed by atoms with van der Waals surface area (Å²) in [6.07, 6.45) is 1.56. The zero-order valence-corrected chi connectivity index (χ0v) is 8.84. The Kier molecular flexibility index (Phi) is 2.44. The van der Waals surface area contributed by atoms with Crippen LogP contribution in [0, 0.1) is 11.3 Å². The summed E-state index contributed by atoms with van der Waals surface area (Å²) < 4.78 is 0. The van der Waals surface area contributed by atoms with Crippen molar-refractivity contribution in [2.24, 2.45) is 0 Å². The van der Waals surface area contributed by atoms with Gasteiger partial charge in [-0.1, -0.05) is 11.6 Å². The van der Waals surface area contributed by atoms with E-state index in [4.69, 9.17) is 16.9 Å². The van der Waals surface area contributed by atoms with Gasteiger partial charge in [0, 0.05) is 23.7 Å². The van der Waals surface area contributed by atoms with Crippen molar-refractivity contribution in [2.45, 2.75) is 0 Å². The van der Waals surface area contributed by atoms with Gasteiger partial charge in [-0.3, -0.25) is 4.98 Å². The van der Waals surface area contributed by atoms with Crippen LogP contribution in [0.1, 0.15) is 5.56 Å². The van der Waals surface area contributed by atoms with Crippen LogP contribution in [0.5, 0.6) is 0 Å². The summed E-state index contributed by atoms with van der Waals surface area (Å²) in [5.74, 6) is 0. The van der Waals surface area contributed by atoms with Crippen LogP contribution in [0.2, 0.25) is 5.02 Å². The van der Waals surface area contributed by atoms with Gasteiger partial charge in [0.2, 0.25) is 0 Å². The molecule has 0 unspecified atom stereocenters. The quantitative estimate of drug-likeness (QED) is 0.799. The highest BCUT2D eigenvalue weighted by molar-refractivity contribution is 6.31. The minimum absolute atomic E-state index is 0.521. The molecule has 0 radical (unpaired) electrons. The SMILES string of the molecule is CNc1c(C#N)cnc2ccc(Cl)cc12. The van der Waals surface area contributed by atoms with Gasteiger partial charge in [-0.05, 0) is 18.2 Å². The maximum Gasteiger partial charge on any atom is 0.103 e. The average Bonchev–Trinajstić information content (AvgIpc) is 2.27. The molecule has 1 aromatic heterocycles. The van der Waals surface area contributed by atoms with E-state index in [0.29, 0.717) is 10.6 Å². The minimum Gasteiger partial charge on any atom is -0.386 e. The second kappa shape index (κ2) is 3.76. The molecule has 0 bridgehead atoms. The topological polar surface area (TPSA) is 48.7 Å². The number of hydrogen-bond donors (Lipinski definition) is 1. The van der Waals surface area contributed by atoms with Crippen molar-refractivity contribution in [3.8, 4) is 6.07 Å². The molecule has 15 heavy (non-hydrogen) atoms. The first kappa shape index (κ1) is 9.75. The van der Waals surface area contributed by atoms with E-state index in [1.165, 1.54) is 0 Å². The fourth-order valence-electron chi connectivity index (χ4n) is 1.52. The molecule has 0 aliphatic rings.